The van der Waals surface area contributed by atoms with Gasteiger partial charge in [0.1, 0.15) is 17.2 Å². The number of ether oxygens (including phenoxy) is 2. The highest BCUT2D eigenvalue weighted by atomic mass is 32.1. The third kappa shape index (κ3) is 4.53. The van der Waals surface area contributed by atoms with Crippen LogP contribution in [0.25, 0.3) is 22.0 Å². The maximum Gasteiger partial charge on any atom is 0.206 e. The van der Waals surface area contributed by atoms with Crippen LogP contribution in [0.4, 0.5) is 0 Å². The van der Waals surface area contributed by atoms with E-state index in [4.69, 9.17) is 9.47 Å². The maximum absolute atomic E-state index is 10.4. The van der Waals surface area contributed by atoms with E-state index in [-0.39, 0.29) is 5.75 Å². The van der Waals surface area contributed by atoms with E-state index < -0.39 is 0 Å². The number of fused-ring (bicyclic) bond motifs is 1. The Morgan fingerprint density at radius 2 is 1.78 bits per heavy atom. The van der Waals surface area contributed by atoms with Crippen molar-refractivity contribution in [1.29, 1.82) is 0 Å². The van der Waals surface area contributed by atoms with E-state index in [1.807, 2.05) is 42.8 Å². The van der Waals surface area contributed by atoms with E-state index in [0.29, 0.717) is 24.5 Å². The van der Waals surface area contributed by atoms with Crippen LogP contribution in [0.15, 0.2) is 70.1 Å². The molecule has 1 heterocycles. The summed E-state index contributed by atoms with van der Waals surface area (Å²) in [6.07, 6.45) is 1.64. The summed E-state index contributed by atoms with van der Waals surface area (Å²) in [4.78, 5) is 5.37. The van der Waals surface area contributed by atoms with Gasteiger partial charge in [-0.2, -0.15) is 5.10 Å². The number of benzene rings is 3. The van der Waals surface area contributed by atoms with Gasteiger partial charge in [0.2, 0.25) is 4.80 Å². The Bertz CT molecular complexity index is 1340. The number of phenols is 1. The molecule has 0 fully saturated rings. The second-order valence-electron chi connectivity index (χ2n) is 7.02. The first-order valence-corrected chi connectivity index (χ1v) is 11.3. The fourth-order valence-corrected chi connectivity index (χ4v) is 4.27. The third-order valence-corrected chi connectivity index (χ3v) is 5.80. The number of phenolic OH excluding ortho intramolecular Hbond substituents is 1. The molecule has 0 saturated carbocycles. The standard InChI is InChI=1S/C25H25N3O3S/c1-4-26-25-28(27-15-20-9-11-22(31-5-2)14-24(20)29)23(16-32-25)19-7-6-18-13-21(30-3)10-8-17(18)12-19/h6-16,29H,4-5H2,1-3H3. The first-order valence-electron chi connectivity index (χ1n) is 10.4. The van der Waals surface area contributed by atoms with Crippen molar-refractivity contribution in [3.05, 3.63) is 70.3 Å². The van der Waals surface area contributed by atoms with Gasteiger partial charge in [-0.3, -0.25) is 4.99 Å². The minimum absolute atomic E-state index is 0.116. The van der Waals surface area contributed by atoms with Gasteiger partial charge in [-0.1, -0.05) is 18.2 Å². The molecule has 1 aromatic heterocycles. The van der Waals surface area contributed by atoms with E-state index in [2.05, 4.69) is 33.7 Å². The van der Waals surface area contributed by atoms with Gasteiger partial charge in [-0.15, -0.1) is 11.3 Å². The number of aromatic hydroxyl groups is 1. The van der Waals surface area contributed by atoms with Crippen LogP contribution >= 0.6 is 11.3 Å². The molecule has 0 spiro atoms. The Morgan fingerprint density at radius 3 is 2.53 bits per heavy atom. The molecule has 4 rings (SSSR count). The SMILES string of the molecule is CCN=c1scc(-c2ccc3cc(OC)ccc3c2)n1N=Cc1ccc(OCC)cc1O. The fraction of sp³-hybridized carbons (Fsp3) is 0.200. The fourth-order valence-electron chi connectivity index (χ4n) is 3.37. The molecule has 164 valence electrons. The molecular formula is C25H25N3O3S. The average Bonchev–Trinajstić information content (AvgIpc) is 3.20. The average molecular weight is 448 g/mol. The summed E-state index contributed by atoms with van der Waals surface area (Å²) < 4.78 is 12.6. The quantitative estimate of drug-likeness (QED) is 0.392. The Balaban J connectivity index is 1.75. The van der Waals surface area contributed by atoms with Gasteiger partial charge < -0.3 is 14.6 Å². The Labute approximate surface area is 190 Å². The second kappa shape index (κ2) is 9.70. The highest BCUT2D eigenvalue weighted by Crippen LogP contribution is 2.28. The lowest BCUT2D eigenvalue weighted by Gasteiger charge is -2.08. The van der Waals surface area contributed by atoms with Crippen molar-refractivity contribution in [2.24, 2.45) is 10.1 Å². The van der Waals surface area contributed by atoms with Crippen LogP contribution in [0.1, 0.15) is 19.4 Å². The molecule has 0 radical (unpaired) electrons. The van der Waals surface area contributed by atoms with Crippen LogP contribution in [0.3, 0.4) is 0 Å². The van der Waals surface area contributed by atoms with Crippen LogP contribution in [0.5, 0.6) is 17.2 Å². The number of methoxy groups -OCH3 is 1. The summed E-state index contributed by atoms with van der Waals surface area (Å²) in [6, 6.07) is 17.5. The van der Waals surface area contributed by atoms with Crippen molar-refractivity contribution in [1.82, 2.24) is 4.68 Å². The second-order valence-corrected chi connectivity index (χ2v) is 7.85. The lowest BCUT2D eigenvalue weighted by molar-refractivity contribution is 0.337. The van der Waals surface area contributed by atoms with Crippen molar-refractivity contribution in [3.63, 3.8) is 0 Å². The van der Waals surface area contributed by atoms with Gasteiger partial charge in [0.15, 0.2) is 0 Å². The molecule has 0 atom stereocenters. The lowest BCUT2D eigenvalue weighted by atomic mass is 10.1. The van der Waals surface area contributed by atoms with E-state index >= 15 is 0 Å². The number of hydrogen-bond donors (Lipinski definition) is 1. The summed E-state index contributed by atoms with van der Waals surface area (Å²) in [7, 11) is 1.67. The molecular weight excluding hydrogens is 422 g/mol. The molecule has 0 amide bonds. The van der Waals surface area contributed by atoms with Crippen molar-refractivity contribution >= 4 is 28.3 Å². The predicted molar refractivity (Wildman–Crippen MR) is 130 cm³/mol. The van der Waals surface area contributed by atoms with Gasteiger partial charge in [0.25, 0.3) is 0 Å². The molecule has 7 heteroatoms. The topological polar surface area (TPSA) is 68.3 Å². The molecule has 0 bridgehead atoms. The van der Waals surface area contributed by atoms with Crippen molar-refractivity contribution in [2.45, 2.75) is 13.8 Å². The van der Waals surface area contributed by atoms with Gasteiger partial charge >= 0.3 is 0 Å². The molecule has 0 aliphatic rings. The Kier molecular flexibility index (Phi) is 6.56. The monoisotopic (exact) mass is 447 g/mol. The molecule has 32 heavy (non-hydrogen) atoms. The zero-order chi connectivity index (χ0) is 22.5. The van der Waals surface area contributed by atoms with Gasteiger partial charge in [-0.25, -0.2) is 4.68 Å². The molecule has 6 nitrogen and oxygen atoms in total. The Hall–Kier alpha value is -3.58. The molecule has 0 unspecified atom stereocenters. The van der Waals surface area contributed by atoms with Crippen LogP contribution in [-0.4, -0.2) is 36.3 Å². The van der Waals surface area contributed by atoms with Crippen LogP contribution in [-0.2, 0) is 0 Å². The van der Waals surface area contributed by atoms with Crippen molar-refractivity contribution < 1.29 is 14.6 Å². The molecule has 0 aliphatic carbocycles. The minimum Gasteiger partial charge on any atom is -0.507 e. The van der Waals surface area contributed by atoms with Crippen molar-refractivity contribution in [2.75, 3.05) is 20.3 Å². The predicted octanol–water partition coefficient (Wildman–Crippen LogP) is 5.29. The summed E-state index contributed by atoms with van der Waals surface area (Å²) in [5.74, 6) is 1.57. The number of rotatable bonds is 7. The summed E-state index contributed by atoms with van der Waals surface area (Å²) in [6.45, 7) is 5.10. The number of hydrogen-bond acceptors (Lipinski definition) is 6. The summed E-state index contributed by atoms with van der Waals surface area (Å²) >= 11 is 1.54. The lowest BCUT2D eigenvalue weighted by Crippen LogP contribution is -2.12. The maximum atomic E-state index is 10.4. The summed E-state index contributed by atoms with van der Waals surface area (Å²) in [5.41, 5.74) is 2.57. The van der Waals surface area contributed by atoms with E-state index in [9.17, 15) is 5.11 Å². The van der Waals surface area contributed by atoms with Crippen LogP contribution in [0, 0.1) is 0 Å². The number of aromatic nitrogens is 1. The first-order chi connectivity index (χ1) is 15.6. The smallest absolute Gasteiger partial charge is 0.206 e. The first kappa shape index (κ1) is 21.6. The molecule has 4 aromatic rings. The van der Waals surface area contributed by atoms with Gasteiger partial charge in [-0.05, 0) is 55.0 Å². The van der Waals surface area contributed by atoms with Gasteiger partial charge in [0.05, 0.1) is 25.6 Å². The number of nitrogens with zero attached hydrogens (tertiary/aromatic N) is 3. The van der Waals surface area contributed by atoms with E-state index in [0.717, 1.165) is 32.6 Å². The molecule has 3 aromatic carbocycles. The van der Waals surface area contributed by atoms with Gasteiger partial charge in [0, 0.05) is 29.1 Å². The largest absolute Gasteiger partial charge is 0.507 e. The Morgan fingerprint density at radius 1 is 1.00 bits per heavy atom. The van der Waals surface area contributed by atoms with Crippen LogP contribution < -0.4 is 14.3 Å². The molecule has 0 aliphatic heterocycles. The van der Waals surface area contributed by atoms with E-state index in [1.54, 1.807) is 25.5 Å². The zero-order valence-electron chi connectivity index (χ0n) is 18.3. The molecule has 1 N–H and O–H groups in total. The number of thiazole rings is 1. The minimum atomic E-state index is 0.116. The highest BCUT2D eigenvalue weighted by Gasteiger charge is 2.09. The van der Waals surface area contributed by atoms with Crippen molar-refractivity contribution in [3.8, 4) is 28.5 Å². The highest BCUT2D eigenvalue weighted by molar-refractivity contribution is 7.07. The normalized spacial score (nSPS) is 12.0. The zero-order valence-corrected chi connectivity index (χ0v) is 19.1. The summed E-state index contributed by atoms with van der Waals surface area (Å²) in [5, 5.41) is 19.3. The molecule has 0 saturated heterocycles. The van der Waals surface area contributed by atoms with E-state index in [1.165, 1.54) is 11.3 Å². The third-order valence-electron chi connectivity index (χ3n) is 4.95. The van der Waals surface area contributed by atoms with Crippen LogP contribution in [0.2, 0.25) is 0 Å².